The number of nitrogens with two attached hydrogens (primary N) is 1. The van der Waals surface area contributed by atoms with Crippen LogP contribution in [0, 0.1) is 29.4 Å². The van der Waals surface area contributed by atoms with Crippen molar-refractivity contribution in [1.82, 2.24) is 9.21 Å². The van der Waals surface area contributed by atoms with Gasteiger partial charge < -0.3 is 10.5 Å². The molecule has 4 rings (SSSR count). The fraction of sp³-hybridized carbons (Fsp3) is 0.714. The van der Waals surface area contributed by atoms with Crippen LogP contribution in [0.2, 0.25) is 0 Å². The molecule has 3 aliphatic rings. The molecule has 4 nitrogen and oxygen atoms in total. The van der Waals surface area contributed by atoms with E-state index in [9.17, 15) is 8.78 Å². The molecule has 4 unspecified atom stereocenters. The van der Waals surface area contributed by atoms with Crippen LogP contribution in [-0.4, -0.2) is 59.8 Å². The minimum Gasteiger partial charge on any atom is -0.370 e. The molecule has 0 aliphatic carbocycles. The number of hydrogen-bond donors (Lipinski definition) is 1. The second kappa shape index (κ2) is 8.56. The van der Waals surface area contributed by atoms with Crippen molar-refractivity contribution in [2.24, 2.45) is 23.5 Å². The molecule has 2 N–H and O–H groups in total. The standard InChI is InChI=1S/C21H31F2N3OS/c1-13(2)12-28-26-9-14-7-25(8-15(14)10-26)17-6-20(24)21(27-11-17)18-5-16(22)3-4-19(18)23/h3-5,13-15,17,20-21H,6-12,24H2,1-2H3/t14?,15?,17?,20?,21-/m1/s1. The van der Waals surface area contributed by atoms with E-state index in [1.54, 1.807) is 0 Å². The van der Waals surface area contributed by atoms with Gasteiger partial charge in [0, 0.05) is 49.6 Å². The Kier molecular flexibility index (Phi) is 6.28. The minimum atomic E-state index is -0.572. The molecule has 156 valence electrons. The monoisotopic (exact) mass is 411 g/mol. The molecule has 0 radical (unpaired) electrons. The van der Waals surface area contributed by atoms with Crippen molar-refractivity contribution >= 4 is 11.9 Å². The molecule has 7 heteroatoms. The maximum Gasteiger partial charge on any atom is 0.129 e. The van der Waals surface area contributed by atoms with Crippen LogP contribution >= 0.6 is 11.9 Å². The van der Waals surface area contributed by atoms with E-state index < -0.39 is 17.7 Å². The molecule has 0 aromatic heterocycles. The van der Waals surface area contributed by atoms with Crippen LogP contribution in [0.15, 0.2) is 18.2 Å². The SMILES string of the molecule is CC(C)CSN1CC2CN(C3CO[C@H](c4cc(F)ccc4F)C(N)C3)CC2C1. The highest BCUT2D eigenvalue weighted by Crippen LogP contribution is 2.38. The number of rotatable bonds is 5. The number of ether oxygens (including phenoxy) is 1. The highest BCUT2D eigenvalue weighted by Gasteiger charge is 2.44. The van der Waals surface area contributed by atoms with Crippen molar-refractivity contribution in [1.29, 1.82) is 0 Å². The molecule has 0 amide bonds. The van der Waals surface area contributed by atoms with Crippen LogP contribution in [0.1, 0.15) is 31.9 Å². The van der Waals surface area contributed by atoms with Gasteiger partial charge in [-0.2, -0.15) is 0 Å². The lowest BCUT2D eigenvalue weighted by molar-refractivity contribution is -0.0485. The van der Waals surface area contributed by atoms with E-state index in [0.29, 0.717) is 18.4 Å². The molecular formula is C21H31F2N3OS. The van der Waals surface area contributed by atoms with Gasteiger partial charge in [0.1, 0.15) is 17.7 Å². The molecule has 3 saturated heterocycles. The first kappa shape index (κ1) is 20.5. The maximum atomic E-state index is 14.1. The van der Waals surface area contributed by atoms with Crippen LogP contribution in [0.5, 0.6) is 0 Å². The Labute approximate surface area is 170 Å². The molecular weight excluding hydrogens is 380 g/mol. The number of hydrogen-bond acceptors (Lipinski definition) is 5. The third-order valence-corrected chi connectivity index (χ3v) is 7.73. The normalized spacial score (nSPS) is 34.3. The Morgan fingerprint density at radius 3 is 2.54 bits per heavy atom. The zero-order valence-corrected chi connectivity index (χ0v) is 17.5. The summed E-state index contributed by atoms with van der Waals surface area (Å²) < 4.78 is 36.1. The lowest BCUT2D eigenvalue weighted by Crippen LogP contribution is -2.49. The number of halogens is 2. The smallest absolute Gasteiger partial charge is 0.129 e. The van der Waals surface area contributed by atoms with E-state index in [-0.39, 0.29) is 17.6 Å². The summed E-state index contributed by atoms with van der Waals surface area (Å²) in [5.74, 6) is 2.44. The highest BCUT2D eigenvalue weighted by atomic mass is 32.2. The Morgan fingerprint density at radius 1 is 1.18 bits per heavy atom. The summed E-state index contributed by atoms with van der Waals surface area (Å²) in [6.45, 7) is 9.55. The van der Waals surface area contributed by atoms with Gasteiger partial charge in [-0.3, -0.25) is 4.90 Å². The molecule has 0 bridgehead atoms. The van der Waals surface area contributed by atoms with Crippen molar-refractivity contribution in [2.75, 3.05) is 38.5 Å². The predicted octanol–water partition coefficient (Wildman–Crippen LogP) is 3.29. The fourth-order valence-electron chi connectivity index (χ4n) is 4.80. The lowest BCUT2D eigenvalue weighted by atomic mass is 9.93. The van der Waals surface area contributed by atoms with Crippen molar-refractivity contribution in [3.63, 3.8) is 0 Å². The van der Waals surface area contributed by atoms with Crippen molar-refractivity contribution in [3.05, 3.63) is 35.4 Å². The predicted molar refractivity (Wildman–Crippen MR) is 109 cm³/mol. The van der Waals surface area contributed by atoms with Crippen LogP contribution in [0.25, 0.3) is 0 Å². The van der Waals surface area contributed by atoms with E-state index >= 15 is 0 Å². The largest absolute Gasteiger partial charge is 0.370 e. The summed E-state index contributed by atoms with van der Waals surface area (Å²) in [4.78, 5) is 2.51. The second-order valence-corrected chi connectivity index (χ2v) is 10.1. The summed E-state index contributed by atoms with van der Waals surface area (Å²) in [6.07, 6.45) is 0.184. The average molecular weight is 412 g/mol. The van der Waals surface area contributed by atoms with E-state index in [2.05, 4.69) is 23.1 Å². The summed E-state index contributed by atoms with van der Waals surface area (Å²) >= 11 is 1.99. The van der Waals surface area contributed by atoms with Gasteiger partial charge in [0.2, 0.25) is 0 Å². The summed E-state index contributed by atoms with van der Waals surface area (Å²) in [5.41, 5.74) is 6.58. The topological polar surface area (TPSA) is 41.7 Å². The quantitative estimate of drug-likeness (QED) is 0.753. The first-order chi connectivity index (χ1) is 13.4. The zero-order chi connectivity index (χ0) is 19.8. The molecule has 5 atom stereocenters. The summed E-state index contributed by atoms with van der Waals surface area (Å²) in [7, 11) is 0. The minimum absolute atomic E-state index is 0.238. The summed E-state index contributed by atoms with van der Waals surface area (Å²) in [5, 5.41) is 0. The average Bonchev–Trinajstić information content (AvgIpc) is 3.21. The number of nitrogens with zero attached hydrogens (tertiary/aromatic N) is 2. The Balaban J connectivity index is 1.31. The Hall–Kier alpha value is -0.730. The molecule has 1 aromatic carbocycles. The van der Waals surface area contributed by atoms with Crippen molar-refractivity contribution in [2.45, 2.75) is 38.5 Å². The molecule has 3 fully saturated rings. The third-order valence-electron chi connectivity index (χ3n) is 6.25. The highest BCUT2D eigenvalue weighted by molar-refractivity contribution is 7.97. The van der Waals surface area contributed by atoms with Gasteiger partial charge in [-0.05, 0) is 42.4 Å². The van der Waals surface area contributed by atoms with Gasteiger partial charge in [0.25, 0.3) is 0 Å². The first-order valence-corrected chi connectivity index (χ1v) is 11.3. The Bertz CT molecular complexity index is 678. The molecule has 3 heterocycles. The van der Waals surface area contributed by atoms with Crippen LogP contribution in [-0.2, 0) is 4.74 Å². The van der Waals surface area contributed by atoms with Crippen LogP contribution in [0.4, 0.5) is 8.78 Å². The van der Waals surface area contributed by atoms with Crippen LogP contribution in [0.3, 0.4) is 0 Å². The molecule has 3 aliphatic heterocycles. The van der Waals surface area contributed by atoms with Crippen molar-refractivity contribution in [3.8, 4) is 0 Å². The fourth-order valence-corrected chi connectivity index (χ4v) is 5.90. The van der Waals surface area contributed by atoms with Gasteiger partial charge in [-0.1, -0.05) is 25.8 Å². The van der Waals surface area contributed by atoms with Gasteiger partial charge in [0.15, 0.2) is 0 Å². The van der Waals surface area contributed by atoms with Crippen LogP contribution < -0.4 is 5.73 Å². The van der Waals surface area contributed by atoms with Gasteiger partial charge in [0.05, 0.1) is 6.61 Å². The molecule has 1 aromatic rings. The zero-order valence-electron chi connectivity index (χ0n) is 16.7. The molecule has 0 saturated carbocycles. The molecule has 28 heavy (non-hydrogen) atoms. The molecule has 0 spiro atoms. The van der Waals surface area contributed by atoms with Gasteiger partial charge in [-0.25, -0.2) is 13.1 Å². The lowest BCUT2D eigenvalue weighted by Gasteiger charge is -2.39. The van der Waals surface area contributed by atoms with Gasteiger partial charge in [-0.15, -0.1) is 0 Å². The number of benzene rings is 1. The van der Waals surface area contributed by atoms with E-state index in [1.165, 1.54) is 11.8 Å². The first-order valence-electron chi connectivity index (χ1n) is 10.3. The number of fused-ring (bicyclic) bond motifs is 1. The van der Waals surface area contributed by atoms with E-state index in [1.807, 2.05) is 11.9 Å². The summed E-state index contributed by atoms with van der Waals surface area (Å²) in [6, 6.07) is 3.43. The van der Waals surface area contributed by atoms with E-state index in [4.69, 9.17) is 10.5 Å². The maximum absolute atomic E-state index is 14.1. The van der Waals surface area contributed by atoms with Gasteiger partial charge >= 0.3 is 0 Å². The van der Waals surface area contributed by atoms with Crippen molar-refractivity contribution < 1.29 is 13.5 Å². The second-order valence-electron chi connectivity index (χ2n) is 8.98. The third kappa shape index (κ3) is 4.38. The number of likely N-dealkylation sites (tertiary alicyclic amines) is 1. The van der Waals surface area contributed by atoms with E-state index in [0.717, 1.165) is 50.7 Å². The Morgan fingerprint density at radius 2 is 1.89 bits per heavy atom.